The Morgan fingerprint density at radius 3 is 2.62 bits per heavy atom. The fourth-order valence-electron chi connectivity index (χ4n) is 1.07. The van der Waals surface area contributed by atoms with E-state index < -0.39 is 48.9 Å². The van der Waals surface area contributed by atoms with E-state index >= 15 is 0 Å². The van der Waals surface area contributed by atoms with Crippen molar-refractivity contribution in [2.75, 3.05) is 13.2 Å². The highest BCUT2D eigenvalue weighted by Crippen LogP contribution is 2.24. The summed E-state index contributed by atoms with van der Waals surface area (Å²) in [5.74, 6) is -3.90. The lowest BCUT2D eigenvalue weighted by Gasteiger charge is -2.16. The molecular formula is C8H10O8. The Bertz CT molecular complexity index is 333. The van der Waals surface area contributed by atoms with E-state index in [1.165, 1.54) is 0 Å². The van der Waals surface area contributed by atoms with Gasteiger partial charge in [0, 0.05) is 0 Å². The van der Waals surface area contributed by atoms with E-state index in [1.807, 2.05) is 0 Å². The molecular weight excluding hydrogens is 224 g/mol. The second-order valence-corrected chi connectivity index (χ2v) is 2.92. The lowest BCUT2D eigenvalue weighted by atomic mass is 10.2. The number of carbonyl (C=O) groups excluding carboxylic acids is 2. The Morgan fingerprint density at radius 1 is 1.50 bits per heavy atom. The second-order valence-electron chi connectivity index (χ2n) is 2.92. The SMILES string of the molecule is O=C(CO)OC1=C(O)C(=O)O[C@@H]1[C@@H](O)CO. The molecule has 0 spiro atoms. The molecule has 0 bridgehead atoms. The number of hydrogen-bond acceptors (Lipinski definition) is 8. The van der Waals surface area contributed by atoms with Crippen molar-refractivity contribution < 1.29 is 39.5 Å². The van der Waals surface area contributed by atoms with Crippen LogP contribution in [0, 0.1) is 0 Å². The van der Waals surface area contributed by atoms with Crippen molar-refractivity contribution in [1.29, 1.82) is 0 Å². The van der Waals surface area contributed by atoms with Crippen LogP contribution in [0.4, 0.5) is 0 Å². The number of rotatable bonds is 4. The van der Waals surface area contributed by atoms with Gasteiger partial charge in [0.15, 0.2) is 6.10 Å². The summed E-state index contributed by atoms with van der Waals surface area (Å²) in [6, 6.07) is 0. The first-order valence-electron chi connectivity index (χ1n) is 4.25. The Morgan fingerprint density at radius 2 is 2.12 bits per heavy atom. The van der Waals surface area contributed by atoms with Crippen molar-refractivity contribution in [3.8, 4) is 0 Å². The van der Waals surface area contributed by atoms with E-state index in [1.54, 1.807) is 0 Å². The number of hydrogen-bond donors (Lipinski definition) is 4. The molecule has 0 aliphatic carbocycles. The Kier molecular flexibility index (Phi) is 3.82. The Labute approximate surface area is 89.3 Å². The lowest BCUT2D eigenvalue weighted by molar-refractivity contribution is -0.152. The molecule has 1 aliphatic rings. The zero-order valence-electron chi connectivity index (χ0n) is 7.99. The van der Waals surface area contributed by atoms with E-state index in [-0.39, 0.29) is 0 Å². The molecule has 0 fully saturated rings. The van der Waals surface area contributed by atoms with Gasteiger partial charge in [-0.1, -0.05) is 0 Å². The van der Waals surface area contributed by atoms with Gasteiger partial charge in [-0.05, 0) is 0 Å². The van der Waals surface area contributed by atoms with E-state index in [0.29, 0.717) is 0 Å². The summed E-state index contributed by atoms with van der Waals surface area (Å²) in [4.78, 5) is 21.7. The molecule has 8 heteroatoms. The van der Waals surface area contributed by atoms with E-state index in [2.05, 4.69) is 9.47 Å². The average Bonchev–Trinajstić information content (AvgIpc) is 2.56. The zero-order chi connectivity index (χ0) is 12.3. The largest absolute Gasteiger partial charge is 0.499 e. The minimum absolute atomic E-state index is 0.620. The van der Waals surface area contributed by atoms with Gasteiger partial charge in [0.2, 0.25) is 11.5 Å². The smallest absolute Gasteiger partial charge is 0.378 e. The molecule has 0 aromatic carbocycles. The fraction of sp³-hybridized carbons (Fsp3) is 0.500. The third-order valence-electron chi connectivity index (χ3n) is 1.81. The molecule has 0 unspecified atom stereocenters. The summed E-state index contributed by atoms with van der Waals surface area (Å²) in [5.41, 5.74) is 0. The third-order valence-corrected chi connectivity index (χ3v) is 1.81. The minimum atomic E-state index is -1.53. The first kappa shape index (κ1) is 12.4. The van der Waals surface area contributed by atoms with Gasteiger partial charge in [-0.15, -0.1) is 0 Å². The van der Waals surface area contributed by atoms with Crippen LogP contribution >= 0.6 is 0 Å². The summed E-state index contributed by atoms with van der Waals surface area (Å²) >= 11 is 0. The predicted molar refractivity (Wildman–Crippen MR) is 45.8 cm³/mol. The van der Waals surface area contributed by atoms with Crippen molar-refractivity contribution in [2.24, 2.45) is 0 Å². The van der Waals surface area contributed by atoms with Crippen LogP contribution in [0.25, 0.3) is 0 Å². The highest BCUT2D eigenvalue weighted by atomic mass is 16.6. The van der Waals surface area contributed by atoms with Crippen LogP contribution < -0.4 is 0 Å². The third kappa shape index (κ3) is 2.30. The van der Waals surface area contributed by atoms with Crippen LogP contribution in [-0.2, 0) is 19.1 Å². The van der Waals surface area contributed by atoms with Crippen molar-refractivity contribution in [2.45, 2.75) is 12.2 Å². The number of ether oxygens (including phenoxy) is 2. The molecule has 0 radical (unpaired) electrons. The lowest BCUT2D eigenvalue weighted by Crippen LogP contribution is -2.33. The van der Waals surface area contributed by atoms with E-state index in [4.69, 9.17) is 10.2 Å². The first-order chi connectivity index (χ1) is 7.51. The van der Waals surface area contributed by atoms with Crippen molar-refractivity contribution in [1.82, 2.24) is 0 Å². The van der Waals surface area contributed by atoms with Crippen LogP contribution in [0.2, 0.25) is 0 Å². The number of aliphatic hydroxyl groups is 4. The quantitative estimate of drug-likeness (QED) is 0.394. The van der Waals surface area contributed by atoms with Gasteiger partial charge >= 0.3 is 11.9 Å². The molecule has 0 saturated heterocycles. The maximum Gasteiger partial charge on any atom is 0.378 e. The molecule has 90 valence electrons. The Balaban J connectivity index is 2.89. The molecule has 0 aromatic rings. The monoisotopic (exact) mass is 234 g/mol. The summed E-state index contributed by atoms with van der Waals surface area (Å²) in [7, 11) is 0. The predicted octanol–water partition coefficient (Wildman–Crippen LogP) is -2.43. The average molecular weight is 234 g/mol. The fourth-order valence-corrected chi connectivity index (χ4v) is 1.07. The van der Waals surface area contributed by atoms with Gasteiger partial charge in [-0.25, -0.2) is 9.59 Å². The van der Waals surface area contributed by atoms with E-state index in [0.717, 1.165) is 0 Å². The highest BCUT2D eigenvalue weighted by Gasteiger charge is 2.41. The summed E-state index contributed by atoms with van der Waals surface area (Å²) < 4.78 is 8.85. The molecule has 4 N–H and O–H groups in total. The van der Waals surface area contributed by atoms with Gasteiger partial charge in [0.1, 0.15) is 12.7 Å². The number of carbonyl (C=O) groups is 2. The van der Waals surface area contributed by atoms with Gasteiger partial charge in [-0.3, -0.25) is 0 Å². The molecule has 1 aliphatic heterocycles. The van der Waals surface area contributed by atoms with Crippen LogP contribution in [0.3, 0.4) is 0 Å². The number of esters is 2. The van der Waals surface area contributed by atoms with Crippen LogP contribution in [0.1, 0.15) is 0 Å². The maximum absolute atomic E-state index is 10.9. The minimum Gasteiger partial charge on any atom is -0.499 e. The molecule has 0 saturated carbocycles. The summed E-state index contributed by atoms with van der Waals surface area (Å²) in [5, 5.41) is 35.4. The van der Waals surface area contributed by atoms with Crippen molar-refractivity contribution in [3.63, 3.8) is 0 Å². The van der Waals surface area contributed by atoms with E-state index in [9.17, 15) is 19.8 Å². The molecule has 1 heterocycles. The standard InChI is InChI=1S/C8H10O8/c9-1-3(11)6-7(15-4(12)2-10)5(13)8(14)16-6/h3,6,9-11,13H,1-2H2/t3-,6+/m0/s1. The zero-order valence-corrected chi connectivity index (χ0v) is 7.99. The van der Waals surface area contributed by atoms with Gasteiger partial charge in [0.25, 0.3) is 0 Å². The molecule has 16 heavy (non-hydrogen) atoms. The first-order valence-corrected chi connectivity index (χ1v) is 4.25. The number of aliphatic hydroxyl groups excluding tert-OH is 4. The van der Waals surface area contributed by atoms with Crippen LogP contribution in [0.5, 0.6) is 0 Å². The van der Waals surface area contributed by atoms with Crippen molar-refractivity contribution in [3.05, 3.63) is 11.5 Å². The molecule has 2 atom stereocenters. The molecule has 0 amide bonds. The highest BCUT2D eigenvalue weighted by molar-refractivity contribution is 5.90. The second kappa shape index (κ2) is 4.92. The van der Waals surface area contributed by atoms with Crippen LogP contribution in [-0.4, -0.2) is 57.8 Å². The maximum atomic E-state index is 10.9. The summed E-state index contributed by atoms with van der Waals surface area (Å²) in [6.45, 7) is -1.72. The van der Waals surface area contributed by atoms with Crippen molar-refractivity contribution >= 4 is 11.9 Å². The molecule has 1 rings (SSSR count). The number of cyclic esters (lactones) is 1. The Hall–Kier alpha value is -1.64. The molecule has 8 nitrogen and oxygen atoms in total. The molecule has 0 aromatic heterocycles. The van der Waals surface area contributed by atoms with Gasteiger partial charge in [-0.2, -0.15) is 0 Å². The normalized spacial score (nSPS) is 21.9. The topological polar surface area (TPSA) is 134 Å². The van der Waals surface area contributed by atoms with Gasteiger partial charge in [0.05, 0.1) is 6.61 Å². The van der Waals surface area contributed by atoms with Gasteiger partial charge < -0.3 is 29.9 Å². The summed E-state index contributed by atoms with van der Waals surface area (Å²) in [6.07, 6.45) is -3.00. The van der Waals surface area contributed by atoms with Crippen LogP contribution in [0.15, 0.2) is 11.5 Å².